The van der Waals surface area contributed by atoms with E-state index in [-0.39, 0.29) is 14.6 Å². The van der Waals surface area contributed by atoms with Gasteiger partial charge in [0.05, 0.1) is 30.6 Å². The summed E-state index contributed by atoms with van der Waals surface area (Å²) in [4.78, 5) is 26.6. The zero-order valence-electron chi connectivity index (χ0n) is 28.2. The summed E-state index contributed by atoms with van der Waals surface area (Å²) in [7, 11) is -3.11. The van der Waals surface area contributed by atoms with Crippen molar-refractivity contribution in [1.82, 2.24) is 9.62 Å². The standard InChI is InChI=1S/C38H39F3N2O6S2/c1-24(2)43(51(47,48)29-18-17-25-15-10-16-28(25)21-29)31(23-44)34-20-19-33(50-34)30(38(39,40)41)22-32(45)36(42-37(46)49-3)35(26-11-6-4-7-12-26)27-13-8-5-9-14-27/h4-14,16-21,24,30-31,35-36,44H,15,22-23H2,1-3H3,(H,42,46)/t30-,31-,36-/m1/s1. The summed E-state index contributed by atoms with van der Waals surface area (Å²) in [6.45, 7) is 2.56. The summed E-state index contributed by atoms with van der Waals surface area (Å²) in [5.41, 5.74) is 2.93. The minimum absolute atomic E-state index is 0.00558. The monoisotopic (exact) mass is 740 g/mol. The number of Topliss-reactive ketones (excluding diaryl/α,β-unsaturated/α-hetero) is 1. The summed E-state index contributed by atoms with van der Waals surface area (Å²) in [5.74, 6) is -4.01. The van der Waals surface area contributed by atoms with Gasteiger partial charge in [-0.25, -0.2) is 13.2 Å². The van der Waals surface area contributed by atoms with Gasteiger partial charge in [0.2, 0.25) is 10.0 Å². The predicted molar refractivity (Wildman–Crippen MR) is 190 cm³/mol. The number of carbonyl (C=O) groups is 2. The van der Waals surface area contributed by atoms with Gasteiger partial charge in [-0.2, -0.15) is 17.5 Å². The molecule has 2 N–H and O–H groups in total. The largest absolute Gasteiger partial charge is 0.453 e. The van der Waals surface area contributed by atoms with E-state index < -0.39 is 71.1 Å². The van der Waals surface area contributed by atoms with E-state index in [1.165, 1.54) is 18.2 Å². The Bertz CT molecular complexity index is 1920. The minimum atomic E-state index is -4.89. The molecule has 270 valence electrons. The molecule has 13 heteroatoms. The molecule has 0 bridgehead atoms. The highest BCUT2D eigenvalue weighted by Gasteiger charge is 2.46. The zero-order chi connectivity index (χ0) is 36.9. The average Bonchev–Trinajstić information content (AvgIpc) is 3.79. The van der Waals surface area contributed by atoms with Gasteiger partial charge in [0.25, 0.3) is 0 Å². The lowest BCUT2D eigenvalue weighted by molar-refractivity contribution is -0.156. The van der Waals surface area contributed by atoms with Gasteiger partial charge in [0, 0.05) is 28.1 Å². The molecule has 1 aromatic heterocycles. The Labute approximate surface area is 299 Å². The van der Waals surface area contributed by atoms with Crippen LogP contribution in [0.4, 0.5) is 18.0 Å². The number of alkyl carbamates (subject to hydrolysis) is 1. The van der Waals surface area contributed by atoms with Crippen molar-refractivity contribution in [2.24, 2.45) is 0 Å². The summed E-state index contributed by atoms with van der Waals surface area (Å²) >= 11 is 0.689. The number of sulfonamides is 1. The first-order valence-electron chi connectivity index (χ1n) is 16.3. The van der Waals surface area contributed by atoms with E-state index in [9.17, 15) is 36.3 Å². The number of nitrogens with zero attached hydrogens (tertiary/aromatic N) is 1. The quantitative estimate of drug-likeness (QED) is 0.138. The van der Waals surface area contributed by atoms with Crippen molar-refractivity contribution in [2.45, 2.75) is 67.7 Å². The zero-order valence-corrected chi connectivity index (χ0v) is 29.8. The van der Waals surface area contributed by atoms with Gasteiger partial charge < -0.3 is 15.2 Å². The molecule has 0 saturated carbocycles. The third kappa shape index (κ3) is 8.44. The molecule has 3 aromatic carbocycles. The lowest BCUT2D eigenvalue weighted by atomic mass is 9.81. The molecule has 5 rings (SSSR count). The van der Waals surface area contributed by atoms with Gasteiger partial charge in [-0.3, -0.25) is 4.79 Å². The SMILES string of the molecule is COC(=O)N[C@H](C(=O)C[C@H](c1ccc([C@@H](CO)N(C(C)C)S(=O)(=O)c2ccc3c(c2)C=CC3)s1)C(F)(F)F)C(c1ccccc1)c1ccccc1. The molecule has 8 nitrogen and oxygen atoms in total. The molecule has 1 heterocycles. The smallest absolute Gasteiger partial charge is 0.407 e. The summed E-state index contributed by atoms with van der Waals surface area (Å²) in [6.07, 6.45) is -2.46. The molecule has 0 aliphatic heterocycles. The first kappa shape index (κ1) is 37.9. The Kier molecular flexibility index (Phi) is 11.9. The van der Waals surface area contributed by atoms with E-state index in [1.54, 1.807) is 86.6 Å². The van der Waals surface area contributed by atoms with Gasteiger partial charge >= 0.3 is 12.3 Å². The summed E-state index contributed by atoms with van der Waals surface area (Å²) in [6, 6.07) is 21.4. The van der Waals surface area contributed by atoms with Crippen LogP contribution in [0.3, 0.4) is 0 Å². The number of fused-ring (bicyclic) bond motifs is 1. The van der Waals surface area contributed by atoms with Crippen LogP contribution in [0.2, 0.25) is 0 Å². The Morgan fingerprint density at radius 2 is 1.55 bits per heavy atom. The van der Waals surface area contributed by atoms with E-state index in [2.05, 4.69) is 5.32 Å². The van der Waals surface area contributed by atoms with Crippen LogP contribution in [0.1, 0.15) is 70.2 Å². The number of carbonyl (C=O) groups excluding carboxylic acids is 2. The second kappa shape index (κ2) is 15.9. The maximum atomic E-state index is 14.9. The molecule has 0 saturated heterocycles. The Morgan fingerprint density at radius 1 is 0.941 bits per heavy atom. The highest BCUT2D eigenvalue weighted by atomic mass is 32.2. The van der Waals surface area contributed by atoms with Crippen LogP contribution in [-0.4, -0.2) is 61.7 Å². The highest BCUT2D eigenvalue weighted by molar-refractivity contribution is 7.89. The number of alkyl halides is 3. The lowest BCUT2D eigenvalue weighted by Gasteiger charge is -2.32. The Hall–Kier alpha value is -4.30. The van der Waals surface area contributed by atoms with Crippen molar-refractivity contribution in [1.29, 1.82) is 0 Å². The molecule has 4 aromatic rings. The number of ketones is 1. The number of methoxy groups -OCH3 is 1. The highest BCUT2D eigenvalue weighted by Crippen LogP contribution is 2.44. The molecular formula is C38H39F3N2O6S2. The van der Waals surface area contributed by atoms with Crippen LogP contribution < -0.4 is 5.32 Å². The summed E-state index contributed by atoms with van der Waals surface area (Å²) < 4.78 is 78.5. The molecule has 51 heavy (non-hydrogen) atoms. The van der Waals surface area contributed by atoms with Gasteiger partial charge in [-0.15, -0.1) is 11.3 Å². The van der Waals surface area contributed by atoms with Crippen LogP contribution in [-0.2, 0) is 26.0 Å². The van der Waals surface area contributed by atoms with Crippen molar-refractivity contribution in [3.63, 3.8) is 0 Å². The number of aliphatic hydroxyl groups excluding tert-OH is 1. The van der Waals surface area contributed by atoms with Crippen molar-refractivity contribution >= 4 is 39.3 Å². The normalized spacial score (nSPS) is 14.8. The number of aliphatic hydroxyl groups is 1. The van der Waals surface area contributed by atoms with Gasteiger partial charge in [0.1, 0.15) is 6.04 Å². The number of amides is 1. The molecule has 1 aliphatic carbocycles. The topological polar surface area (TPSA) is 113 Å². The lowest BCUT2D eigenvalue weighted by Crippen LogP contribution is -2.46. The van der Waals surface area contributed by atoms with Crippen LogP contribution >= 0.6 is 11.3 Å². The van der Waals surface area contributed by atoms with Crippen LogP contribution in [0.5, 0.6) is 0 Å². The molecule has 0 unspecified atom stereocenters. The number of hydrogen-bond acceptors (Lipinski definition) is 7. The number of rotatable bonds is 14. The molecule has 1 amide bonds. The molecule has 0 spiro atoms. The van der Waals surface area contributed by atoms with E-state index in [1.807, 2.05) is 12.2 Å². The van der Waals surface area contributed by atoms with Crippen LogP contribution in [0.25, 0.3) is 6.08 Å². The molecule has 0 fully saturated rings. The predicted octanol–water partition coefficient (Wildman–Crippen LogP) is 7.61. The third-order valence-electron chi connectivity index (χ3n) is 8.89. The average molecular weight is 741 g/mol. The van der Waals surface area contributed by atoms with Gasteiger partial charge in [0.15, 0.2) is 5.78 Å². The van der Waals surface area contributed by atoms with E-state index >= 15 is 0 Å². The molecule has 0 radical (unpaired) electrons. The molecule has 1 aliphatic rings. The van der Waals surface area contributed by atoms with Crippen molar-refractivity contribution in [3.05, 3.63) is 129 Å². The number of halogens is 3. The van der Waals surface area contributed by atoms with E-state index in [0.717, 1.165) is 22.5 Å². The third-order valence-corrected chi connectivity index (χ3v) is 12.3. The first-order chi connectivity index (χ1) is 24.3. The number of hydrogen-bond donors (Lipinski definition) is 2. The van der Waals surface area contributed by atoms with Gasteiger partial charge in [-0.1, -0.05) is 78.9 Å². The number of benzene rings is 3. The van der Waals surface area contributed by atoms with Crippen LogP contribution in [0.15, 0.2) is 102 Å². The fraction of sp³-hybridized carbons (Fsp3) is 0.316. The maximum absolute atomic E-state index is 14.9. The van der Waals surface area contributed by atoms with Gasteiger partial charge in [-0.05, 0) is 66.8 Å². The van der Waals surface area contributed by atoms with E-state index in [4.69, 9.17) is 4.74 Å². The second-order valence-corrected chi connectivity index (χ2v) is 15.5. The van der Waals surface area contributed by atoms with Crippen molar-refractivity contribution in [3.8, 4) is 0 Å². The second-order valence-electron chi connectivity index (χ2n) is 12.5. The number of ether oxygens (including phenoxy) is 1. The maximum Gasteiger partial charge on any atom is 0.407 e. The number of nitrogens with one attached hydrogen (secondary N) is 1. The number of thiophene rings is 1. The fourth-order valence-corrected chi connectivity index (χ4v) is 9.61. The summed E-state index contributed by atoms with van der Waals surface area (Å²) in [5, 5.41) is 13.0. The molecular weight excluding hydrogens is 702 g/mol. The Morgan fingerprint density at radius 3 is 2.10 bits per heavy atom. The van der Waals surface area contributed by atoms with Crippen molar-refractivity contribution < 1.29 is 41.0 Å². The van der Waals surface area contributed by atoms with E-state index in [0.29, 0.717) is 28.9 Å². The molecule has 3 atom stereocenters. The Balaban J connectivity index is 1.49. The van der Waals surface area contributed by atoms with Crippen molar-refractivity contribution in [2.75, 3.05) is 13.7 Å². The minimum Gasteiger partial charge on any atom is -0.453 e. The number of allylic oxidation sites excluding steroid dienone is 1. The fourth-order valence-electron chi connectivity index (χ4n) is 6.48. The first-order valence-corrected chi connectivity index (χ1v) is 18.6. The van der Waals surface area contributed by atoms with Crippen LogP contribution in [0, 0.1) is 0 Å².